The first-order chi connectivity index (χ1) is 12.8. The van der Waals surface area contributed by atoms with Gasteiger partial charge in [-0.15, -0.1) is 0 Å². The van der Waals surface area contributed by atoms with Crippen molar-refractivity contribution in [3.8, 4) is 0 Å². The maximum absolute atomic E-state index is 6.06. The number of hydrogen-bond acceptors (Lipinski definition) is 5. The van der Waals surface area contributed by atoms with Gasteiger partial charge < -0.3 is 15.0 Å². The first-order valence-corrected chi connectivity index (χ1v) is 8.78. The van der Waals surface area contributed by atoms with Crippen LogP contribution in [0.1, 0.15) is 12.0 Å². The van der Waals surface area contributed by atoms with Crippen LogP contribution in [0.15, 0.2) is 55.1 Å². The molecule has 132 valence electrons. The SMILES string of the molecule is Nc1nc2ccccc2c2c1ncn2CCOCCCc1cccnc1. The Bertz CT molecular complexity index is 1010. The fraction of sp³-hybridized carbons (Fsp3) is 0.250. The summed E-state index contributed by atoms with van der Waals surface area (Å²) in [7, 11) is 0. The molecule has 0 unspecified atom stereocenters. The highest BCUT2D eigenvalue weighted by Crippen LogP contribution is 2.26. The van der Waals surface area contributed by atoms with Crippen LogP contribution in [0.4, 0.5) is 5.82 Å². The number of pyridine rings is 2. The lowest BCUT2D eigenvalue weighted by Gasteiger charge is -2.08. The van der Waals surface area contributed by atoms with Crippen molar-refractivity contribution in [2.45, 2.75) is 19.4 Å². The normalized spacial score (nSPS) is 11.4. The number of ether oxygens (including phenoxy) is 1. The first-order valence-electron chi connectivity index (χ1n) is 8.78. The maximum atomic E-state index is 6.06. The van der Waals surface area contributed by atoms with Crippen LogP contribution >= 0.6 is 0 Å². The van der Waals surface area contributed by atoms with Gasteiger partial charge in [-0.1, -0.05) is 24.3 Å². The van der Waals surface area contributed by atoms with Crippen molar-refractivity contribution in [3.05, 3.63) is 60.7 Å². The number of para-hydroxylation sites is 1. The fourth-order valence-electron chi connectivity index (χ4n) is 3.17. The molecule has 4 rings (SSSR count). The number of aryl methyl sites for hydroxylation is 1. The molecule has 0 spiro atoms. The van der Waals surface area contributed by atoms with Crippen molar-refractivity contribution in [3.63, 3.8) is 0 Å². The number of benzene rings is 1. The van der Waals surface area contributed by atoms with Gasteiger partial charge >= 0.3 is 0 Å². The quantitative estimate of drug-likeness (QED) is 0.519. The molecule has 0 atom stereocenters. The van der Waals surface area contributed by atoms with Crippen molar-refractivity contribution in [1.29, 1.82) is 0 Å². The van der Waals surface area contributed by atoms with Crippen LogP contribution in [-0.4, -0.2) is 32.7 Å². The van der Waals surface area contributed by atoms with Gasteiger partial charge in [0.15, 0.2) is 5.82 Å². The molecule has 1 aromatic carbocycles. The summed E-state index contributed by atoms with van der Waals surface area (Å²) in [6.45, 7) is 2.10. The number of imidazole rings is 1. The molecule has 0 aliphatic heterocycles. The van der Waals surface area contributed by atoms with Crippen molar-refractivity contribution >= 4 is 27.8 Å². The van der Waals surface area contributed by atoms with E-state index in [0.717, 1.165) is 47.9 Å². The topological polar surface area (TPSA) is 78.8 Å². The number of nitrogen functional groups attached to an aromatic ring is 1. The molecule has 4 aromatic rings. The Kier molecular flexibility index (Phi) is 4.75. The molecule has 0 fully saturated rings. The van der Waals surface area contributed by atoms with Gasteiger partial charge in [0.2, 0.25) is 0 Å². The van der Waals surface area contributed by atoms with E-state index >= 15 is 0 Å². The van der Waals surface area contributed by atoms with Gasteiger partial charge in [-0.2, -0.15) is 0 Å². The molecule has 0 bridgehead atoms. The van der Waals surface area contributed by atoms with E-state index in [4.69, 9.17) is 10.5 Å². The summed E-state index contributed by atoms with van der Waals surface area (Å²) in [6, 6.07) is 12.0. The standard InChI is InChI=1S/C20H21N5O/c21-20-18-19(16-7-1-2-8-17(16)24-20)25(14-23-18)10-12-26-11-4-6-15-5-3-9-22-13-15/h1-3,5,7-9,13-14H,4,6,10-12H2,(H2,21,24). The summed E-state index contributed by atoms with van der Waals surface area (Å²) in [5.41, 5.74) is 9.96. The summed E-state index contributed by atoms with van der Waals surface area (Å²) in [5.74, 6) is 0.467. The second-order valence-electron chi connectivity index (χ2n) is 6.23. The number of hydrogen-bond donors (Lipinski definition) is 1. The minimum Gasteiger partial charge on any atom is -0.382 e. The summed E-state index contributed by atoms with van der Waals surface area (Å²) in [4.78, 5) is 13.0. The second kappa shape index (κ2) is 7.49. The Morgan fingerprint density at radius 1 is 1.08 bits per heavy atom. The molecule has 0 aliphatic carbocycles. The highest BCUT2D eigenvalue weighted by atomic mass is 16.5. The third-order valence-corrected chi connectivity index (χ3v) is 4.43. The monoisotopic (exact) mass is 347 g/mol. The van der Waals surface area contributed by atoms with Crippen molar-refractivity contribution < 1.29 is 4.74 Å². The third kappa shape index (κ3) is 3.36. The maximum Gasteiger partial charge on any atom is 0.152 e. The van der Waals surface area contributed by atoms with Crippen LogP contribution in [-0.2, 0) is 17.7 Å². The molecule has 0 saturated heterocycles. The van der Waals surface area contributed by atoms with E-state index in [-0.39, 0.29) is 0 Å². The van der Waals surface area contributed by atoms with Gasteiger partial charge in [0.25, 0.3) is 0 Å². The molecule has 3 heterocycles. The van der Waals surface area contributed by atoms with Crippen LogP contribution in [0.5, 0.6) is 0 Å². The Labute approximate surface area is 151 Å². The lowest BCUT2D eigenvalue weighted by atomic mass is 10.2. The fourth-order valence-corrected chi connectivity index (χ4v) is 3.17. The molecular weight excluding hydrogens is 326 g/mol. The number of nitrogens with two attached hydrogens (primary N) is 1. The number of fused-ring (bicyclic) bond motifs is 3. The van der Waals surface area contributed by atoms with Gasteiger partial charge in [0, 0.05) is 30.9 Å². The lowest BCUT2D eigenvalue weighted by Crippen LogP contribution is -2.07. The third-order valence-electron chi connectivity index (χ3n) is 4.43. The Morgan fingerprint density at radius 2 is 2.00 bits per heavy atom. The predicted molar refractivity (Wildman–Crippen MR) is 103 cm³/mol. The van der Waals surface area contributed by atoms with E-state index in [1.54, 1.807) is 6.20 Å². The van der Waals surface area contributed by atoms with Gasteiger partial charge in [0.05, 0.1) is 24.0 Å². The van der Waals surface area contributed by atoms with Gasteiger partial charge in [-0.25, -0.2) is 9.97 Å². The molecule has 3 aromatic heterocycles. The average molecular weight is 347 g/mol. The highest BCUT2D eigenvalue weighted by Gasteiger charge is 2.11. The van der Waals surface area contributed by atoms with E-state index in [0.29, 0.717) is 12.4 Å². The minimum atomic E-state index is 0.467. The smallest absolute Gasteiger partial charge is 0.152 e. The van der Waals surface area contributed by atoms with Gasteiger partial charge in [-0.05, 0) is 30.5 Å². The zero-order chi connectivity index (χ0) is 17.8. The molecule has 0 saturated carbocycles. The average Bonchev–Trinajstić information content (AvgIpc) is 3.10. The molecule has 6 nitrogen and oxygen atoms in total. The first kappa shape index (κ1) is 16.5. The Balaban J connectivity index is 1.39. The van der Waals surface area contributed by atoms with E-state index in [2.05, 4.69) is 31.7 Å². The molecule has 0 aliphatic rings. The Hall–Kier alpha value is -2.99. The summed E-state index contributed by atoms with van der Waals surface area (Å²) < 4.78 is 7.90. The number of nitrogens with zero attached hydrogens (tertiary/aromatic N) is 4. The summed E-state index contributed by atoms with van der Waals surface area (Å²) in [5, 5.41) is 1.06. The summed E-state index contributed by atoms with van der Waals surface area (Å²) >= 11 is 0. The van der Waals surface area contributed by atoms with Crippen LogP contribution < -0.4 is 5.73 Å². The molecule has 0 radical (unpaired) electrons. The van der Waals surface area contributed by atoms with Gasteiger partial charge in [-0.3, -0.25) is 4.98 Å². The number of aromatic nitrogens is 4. The summed E-state index contributed by atoms with van der Waals surface area (Å²) in [6.07, 6.45) is 7.47. The number of rotatable bonds is 7. The second-order valence-corrected chi connectivity index (χ2v) is 6.23. The zero-order valence-electron chi connectivity index (χ0n) is 14.5. The van der Waals surface area contributed by atoms with Crippen molar-refractivity contribution in [1.82, 2.24) is 19.5 Å². The minimum absolute atomic E-state index is 0.467. The lowest BCUT2D eigenvalue weighted by molar-refractivity contribution is 0.125. The van der Waals surface area contributed by atoms with Crippen molar-refractivity contribution in [2.24, 2.45) is 0 Å². The van der Waals surface area contributed by atoms with E-state index in [9.17, 15) is 0 Å². The molecule has 2 N–H and O–H groups in total. The molecule has 6 heteroatoms. The molecular formula is C20H21N5O. The zero-order valence-corrected chi connectivity index (χ0v) is 14.5. The van der Waals surface area contributed by atoms with Crippen molar-refractivity contribution in [2.75, 3.05) is 18.9 Å². The van der Waals surface area contributed by atoms with E-state index in [1.807, 2.05) is 36.8 Å². The molecule has 0 amide bonds. The highest BCUT2D eigenvalue weighted by molar-refractivity contribution is 6.06. The van der Waals surface area contributed by atoms with Crippen LogP contribution in [0.2, 0.25) is 0 Å². The Morgan fingerprint density at radius 3 is 2.88 bits per heavy atom. The number of anilines is 1. The predicted octanol–water partition coefficient (Wildman–Crippen LogP) is 3.21. The van der Waals surface area contributed by atoms with E-state index < -0.39 is 0 Å². The van der Waals surface area contributed by atoms with Gasteiger partial charge in [0.1, 0.15) is 5.52 Å². The van der Waals surface area contributed by atoms with Crippen LogP contribution in [0, 0.1) is 0 Å². The van der Waals surface area contributed by atoms with E-state index in [1.165, 1.54) is 5.56 Å². The largest absolute Gasteiger partial charge is 0.382 e. The molecule has 26 heavy (non-hydrogen) atoms. The van der Waals surface area contributed by atoms with Crippen LogP contribution in [0.3, 0.4) is 0 Å². The van der Waals surface area contributed by atoms with Crippen LogP contribution in [0.25, 0.3) is 21.9 Å².